The van der Waals surface area contributed by atoms with Crippen molar-refractivity contribution in [3.8, 4) is 0 Å². The van der Waals surface area contributed by atoms with E-state index in [0.717, 1.165) is 5.57 Å². The van der Waals surface area contributed by atoms with Gasteiger partial charge < -0.3 is 21.1 Å². The van der Waals surface area contributed by atoms with E-state index >= 15 is 0 Å². The Morgan fingerprint density at radius 3 is 1.68 bits per heavy atom. The standard InChI is InChI=1S/C15H32N2O2.C2H6.H2O.H2/c1-10(11(2)13(3,4)5)12(16)17-15(9,18)19-14(6,7)8;1-2;;/h12,17-18H,16H2,1-9H3;1-2H3;1H2;1H/b11-10+;;;. The van der Waals surface area contributed by atoms with Gasteiger partial charge in [-0.05, 0) is 45.6 Å². The normalized spacial score (nSPS) is 17.3. The lowest BCUT2D eigenvalue weighted by Crippen LogP contribution is -2.56. The fraction of sp³-hybridized carbons (Fsp3) is 0.882. The van der Waals surface area contributed by atoms with Crippen LogP contribution >= 0.6 is 0 Å². The number of nitrogens with one attached hydrogen (secondary N) is 1. The molecule has 138 valence electrons. The van der Waals surface area contributed by atoms with Crippen molar-refractivity contribution >= 4 is 0 Å². The number of rotatable bonds is 4. The van der Waals surface area contributed by atoms with E-state index in [1.54, 1.807) is 6.92 Å². The Kier molecular flexibility index (Phi) is 11.6. The molecular formula is C17H42N2O3. The quantitative estimate of drug-likeness (QED) is 0.547. The lowest BCUT2D eigenvalue weighted by molar-refractivity contribution is -0.261. The van der Waals surface area contributed by atoms with Crippen molar-refractivity contribution < 1.29 is 16.7 Å². The van der Waals surface area contributed by atoms with Gasteiger partial charge >= 0.3 is 0 Å². The molecule has 0 spiro atoms. The van der Waals surface area contributed by atoms with Crippen LogP contribution in [0.3, 0.4) is 0 Å². The first-order valence-electron chi connectivity index (χ1n) is 7.79. The minimum absolute atomic E-state index is 0. The number of ether oxygens (including phenoxy) is 1. The molecule has 6 N–H and O–H groups in total. The molecule has 0 aliphatic carbocycles. The van der Waals surface area contributed by atoms with Crippen molar-refractivity contribution in [2.75, 3.05) is 0 Å². The summed E-state index contributed by atoms with van der Waals surface area (Å²) in [5.41, 5.74) is 7.94. The van der Waals surface area contributed by atoms with E-state index < -0.39 is 17.7 Å². The second-order valence-corrected chi connectivity index (χ2v) is 7.38. The van der Waals surface area contributed by atoms with Crippen molar-refractivity contribution in [1.82, 2.24) is 5.32 Å². The van der Waals surface area contributed by atoms with E-state index in [2.05, 4.69) is 33.0 Å². The molecule has 2 unspecified atom stereocenters. The molecular weight excluding hydrogens is 280 g/mol. The summed E-state index contributed by atoms with van der Waals surface area (Å²) in [4.78, 5) is 0. The number of nitrogens with two attached hydrogens (primary N) is 1. The molecule has 0 saturated carbocycles. The molecule has 22 heavy (non-hydrogen) atoms. The maximum atomic E-state index is 10.2. The Labute approximate surface area is 139 Å². The Hall–Kier alpha value is -0.460. The van der Waals surface area contributed by atoms with Gasteiger partial charge in [0.15, 0.2) is 0 Å². The number of hydrogen-bond acceptors (Lipinski definition) is 4. The van der Waals surface area contributed by atoms with Gasteiger partial charge in [0.25, 0.3) is 0 Å². The molecule has 0 aromatic carbocycles. The smallest absolute Gasteiger partial charge is 0.223 e. The van der Waals surface area contributed by atoms with Crippen LogP contribution in [0.4, 0.5) is 0 Å². The monoisotopic (exact) mass is 322 g/mol. The van der Waals surface area contributed by atoms with Gasteiger partial charge in [-0.2, -0.15) is 0 Å². The maximum Gasteiger partial charge on any atom is 0.223 e. The zero-order chi connectivity index (χ0) is 17.6. The summed E-state index contributed by atoms with van der Waals surface area (Å²) in [6.07, 6.45) is -0.448. The highest BCUT2D eigenvalue weighted by atomic mass is 16.7. The van der Waals surface area contributed by atoms with Gasteiger partial charge in [0, 0.05) is 8.35 Å². The predicted octanol–water partition coefficient (Wildman–Crippen LogP) is 3.17. The Balaban J connectivity index is -0.000000432. The first-order valence-corrected chi connectivity index (χ1v) is 7.79. The van der Waals surface area contributed by atoms with E-state index in [4.69, 9.17) is 10.5 Å². The van der Waals surface area contributed by atoms with Crippen molar-refractivity contribution in [3.05, 3.63) is 11.1 Å². The molecule has 5 nitrogen and oxygen atoms in total. The molecule has 0 aliphatic heterocycles. The van der Waals surface area contributed by atoms with Crippen LogP contribution in [0.25, 0.3) is 0 Å². The van der Waals surface area contributed by atoms with Crippen LogP contribution in [0.15, 0.2) is 11.1 Å². The minimum Gasteiger partial charge on any atom is -0.412 e. The SMILES string of the molecule is C/C(=C(/C)C(C)(C)C)C(N)NC(C)(O)OC(C)(C)C.CC.O.[HH]. The first-order chi connectivity index (χ1) is 9.16. The lowest BCUT2D eigenvalue weighted by atomic mass is 9.84. The van der Waals surface area contributed by atoms with Gasteiger partial charge in [0.1, 0.15) is 0 Å². The van der Waals surface area contributed by atoms with Crippen LogP contribution in [0.5, 0.6) is 0 Å². The van der Waals surface area contributed by atoms with Crippen LogP contribution in [0, 0.1) is 5.41 Å². The van der Waals surface area contributed by atoms with E-state index in [1.807, 2.05) is 41.5 Å². The molecule has 0 aromatic heterocycles. The zero-order valence-corrected chi connectivity index (χ0v) is 16.5. The molecule has 0 saturated heterocycles. The highest BCUT2D eigenvalue weighted by Crippen LogP contribution is 2.28. The van der Waals surface area contributed by atoms with Gasteiger partial charge in [0.05, 0.1) is 11.8 Å². The van der Waals surface area contributed by atoms with Crippen LogP contribution in [-0.4, -0.2) is 28.3 Å². The van der Waals surface area contributed by atoms with Crippen molar-refractivity contribution in [2.24, 2.45) is 11.1 Å². The minimum atomic E-state index is -1.46. The van der Waals surface area contributed by atoms with Gasteiger partial charge in [-0.1, -0.05) is 40.2 Å². The van der Waals surface area contributed by atoms with Crippen molar-refractivity contribution in [3.63, 3.8) is 0 Å². The number of aliphatic hydroxyl groups is 1. The number of hydrogen-bond donors (Lipinski definition) is 3. The highest BCUT2D eigenvalue weighted by Gasteiger charge is 2.30. The lowest BCUT2D eigenvalue weighted by Gasteiger charge is -2.36. The second-order valence-electron chi connectivity index (χ2n) is 7.38. The summed E-state index contributed by atoms with van der Waals surface area (Å²) < 4.78 is 5.55. The first kappa shape index (κ1) is 26.4. The Morgan fingerprint density at radius 1 is 1.05 bits per heavy atom. The van der Waals surface area contributed by atoms with Crippen LogP contribution in [0.2, 0.25) is 0 Å². The van der Waals surface area contributed by atoms with Crippen molar-refractivity contribution in [2.45, 2.75) is 93.8 Å². The fourth-order valence-corrected chi connectivity index (χ4v) is 1.85. The average molecular weight is 323 g/mol. The van der Waals surface area contributed by atoms with E-state index in [9.17, 15) is 5.11 Å². The highest BCUT2D eigenvalue weighted by molar-refractivity contribution is 5.20. The van der Waals surface area contributed by atoms with Gasteiger partial charge in [-0.15, -0.1) is 0 Å². The van der Waals surface area contributed by atoms with Gasteiger partial charge in [-0.25, -0.2) is 5.32 Å². The molecule has 0 aromatic rings. The second kappa shape index (κ2) is 9.63. The summed E-state index contributed by atoms with van der Waals surface area (Å²) in [6.45, 7) is 21.7. The Bertz CT molecular complexity index is 343. The zero-order valence-electron chi connectivity index (χ0n) is 16.5. The molecule has 0 heterocycles. The summed E-state index contributed by atoms with van der Waals surface area (Å²) in [5, 5.41) is 13.1. The fourth-order valence-electron chi connectivity index (χ4n) is 1.85. The number of allylic oxidation sites excluding steroid dienone is 1. The molecule has 2 atom stereocenters. The Morgan fingerprint density at radius 2 is 1.41 bits per heavy atom. The third-order valence-electron chi connectivity index (χ3n) is 3.11. The van der Waals surface area contributed by atoms with Crippen LogP contribution in [-0.2, 0) is 4.74 Å². The third kappa shape index (κ3) is 11.2. The molecule has 0 bridgehead atoms. The molecule has 0 amide bonds. The maximum absolute atomic E-state index is 10.2. The molecule has 0 rings (SSSR count). The van der Waals surface area contributed by atoms with Gasteiger partial charge in [0.2, 0.25) is 5.91 Å². The summed E-state index contributed by atoms with van der Waals surface area (Å²) in [6, 6.07) is 0. The van der Waals surface area contributed by atoms with Gasteiger partial charge in [-0.3, -0.25) is 0 Å². The third-order valence-corrected chi connectivity index (χ3v) is 3.11. The molecule has 5 heteroatoms. The van der Waals surface area contributed by atoms with Crippen LogP contribution < -0.4 is 11.1 Å². The van der Waals surface area contributed by atoms with E-state index in [0.29, 0.717) is 0 Å². The molecule has 0 aliphatic rings. The summed E-state index contributed by atoms with van der Waals surface area (Å²) >= 11 is 0. The molecule has 0 fully saturated rings. The van der Waals surface area contributed by atoms with E-state index in [1.165, 1.54) is 5.57 Å². The largest absolute Gasteiger partial charge is 0.412 e. The summed E-state index contributed by atoms with van der Waals surface area (Å²) in [7, 11) is 0. The molecule has 0 radical (unpaired) electrons. The van der Waals surface area contributed by atoms with Crippen LogP contribution in [0.1, 0.15) is 77.6 Å². The predicted molar refractivity (Wildman–Crippen MR) is 97.5 cm³/mol. The van der Waals surface area contributed by atoms with E-state index in [-0.39, 0.29) is 12.3 Å². The van der Waals surface area contributed by atoms with Crippen molar-refractivity contribution in [1.29, 1.82) is 0 Å². The average Bonchev–Trinajstić information content (AvgIpc) is 2.24. The summed E-state index contributed by atoms with van der Waals surface area (Å²) in [5.74, 6) is -1.46. The topological polar surface area (TPSA) is 99.0 Å².